The molecule has 30 heavy (non-hydrogen) atoms. The van der Waals surface area contributed by atoms with Crippen molar-refractivity contribution in [2.75, 3.05) is 6.54 Å². The Morgan fingerprint density at radius 3 is 2.67 bits per heavy atom. The van der Waals surface area contributed by atoms with Crippen molar-refractivity contribution in [1.82, 2.24) is 9.88 Å². The molecule has 2 atom stereocenters. The van der Waals surface area contributed by atoms with E-state index in [1.54, 1.807) is 0 Å². The molecule has 0 spiro atoms. The minimum absolute atomic E-state index is 0. The predicted octanol–water partition coefficient (Wildman–Crippen LogP) is 5.95. The highest BCUT2D eigenvalue weighted by Gasteiger charge is 2.51. The van der Waals surface area contributed by atoms with Crippen molar-refractivity contribution in [2.45, 2.75) is 74.0 Å². The van der Waals surface area contributed by atoms with E-state index in [1.807, 2.05) is 37.3 Å². The second kappa shape index (κ2) is 8.05. The largest absolute Gasteiger partial charge is 0.487 e. The van der Waals surface area contributed by atoms with Gasteiger partial charge in [0, 0.05) is 12.6 Å². The molecule has 4 nitrogen and oxygen atoms in total. The van der Waals surface area contributed by atoms with E-state index in [9.17, 15) is 4.79 Å². The van der Waals surface area contributed by atoms with E-state index in [-0.39, 0.29) is 18.7 Å². The zero-order valence-electron chi connectivity index (χ0n) is 18.3. The summed E-state index contributed by atoms with van der Waals surface area (Å²) >= 11 is 0. The second-order valence-corrected chi connectivity index (χ2v) is 10.2. The van der Waals surface area contributed by atoms with Crippen LogP contribution in [-0.4, -0.2) is 28.4 Å². The summed E-state index contributed by atoms with van der Waals surface area (Å²) in [7, 11) is 0. The van der Waals surface area contributed by atoms with Crippen LogP contribution in [-0.2, 0) is 6.61 Å². The van der Waals surface area contributed by atoms with Gasteiger partial charge in [-0.25, -0.2) is 4.98 Å². The highest BCUT2D eigenvalue weighted by Crippen LogP contribution is 2.52. The average Bonchev–Trinajstić information content (AvgIpc) is 2.89. The summed E-state index contributed by atoms with van der Waals surface area (Å²) in [5.74, 6) is 0.919. The first kappa shape index (κ1) is 22.3. The molecule has 4 heteroatoms. The lowest BCUT2D eigenvalue weighted by molar-refractivity contribution is 0.0702. The van der Waals surface area contributed by atoms with Gasteiger partial charge >= 0.3 is 0 Å². The molecule has 162 valence electrons. The smallest absolute Gasteiger partial charge is 0.272 e. The number of ether oxygens (including phenoxy) is 1. The summed E-state index contributed by atoms with van der Waals surface area (Å²) in [6.07, 6.45) is 3.36. The topological polar surface area (TPSA) is 42.4 Å². The normalized spacial score (nSPS) is 24.3. The highest BCUT2D eigenvalue weighted by molar-refractivity contribution is 5.92. The van der Waals surface area contributed by atoms with Gasteiger partial charge in [-0.05, 0) is 67.7 Å². The molecular weight excluding hydrogens is 372 g/mol. The Kier molecular flexibility index (Phi) is 5.99. The van der Waals surface area contributed by atoms with Crippen LogP contribution in [0.15, 0.2) is 36.4 Å². The summed E-state index contributed by atoms with van der Waals surface area (Å²) in [6, 6.07) is 12.1. The minimum Gasteiger partial charge on any atom is -0.487 e. The van der Waals surface area contributed by atoms with E-state index in [0.717, 1.165) is 36.4 Å². The van der Waals surface area contributed by atoms with Gasteiger partial charge in [0.15, 0.2) is 0 Å². The molecule has 1 amide bonds. The maximum atomic E-state index is 13.3. The fourth-order valence-corrected chi connectivity index (χ4v) is 5.64. The Morgan fingerprint density at radius 1 is 1.17 bits per heavy atom. The van der Waals surface area contributed by atoms with Gasteiger partial charge in [-0.2, -0.15) is 0 Å². The van der Waals surface area contributed by atoms with Gasteiger partial charge in [0.2, 0.25) is 0 Å². The van der Waals surface area contributed by atoms with Crippen LogP contribution in [0.5, 0.6) is 5.75 Å². The molecular formula is C26H36N2O2. The van der Waals surface area contributed by atoms with Gasteiger partial charge in [-0.1, -0.05) is 52.0 Å². The van der Waals surface area contributed by atoms with Gasteiger partial charge in [-0.3, -0.25) is 4.79 Å². The monoisotopic (exact) mass is 408 g/mol. The fourth-order valence-electron chi connectivity index (χ4n) is 5.64. The van der Waals surface area contributed by atoms with E-state index in [4.69, 9.17) is 4.74 Å². The average molecular weight is 409 g/mol. The van der Waals surface area contributed by atoms with Gasteiger partial charge in [0.05, 0.1) is 5.69 Å². The molecule has 2 fully saturated rings. The fraction of sp³-hybridized carbons (Fsp3) is 0.538. The number of rotatable bonds is 4. The Balaban J connectivity index is 0.00000256. The summed E-state index contributed by atoms with van der Waals surface area (Å²) < 4.78 is 5.96. The lowest BCUT2D eigenvalue weighted by Crippen LogP contribution is -2.38. The number of likely N-dealkylation sites (tertiary alicyclic amines) is 1. The molecule has 0 unspecified atom stereocenters. The maximum Gasteiger partial charge on any atom is 0.272 e. The van der Waals surface area contributed by atoms with Crippen molar-refractivity contribution in [1.29, 1.82) is 0 Å². The third-order valence-corrected chi connectivity index (χ3v) is 6.41. The zero-order valence-corrected chi connectivity index (χ0v) is 18.3. The van der Waals surface area contributed by atoms with Crippen molar-refractivity contribution in [3.05, 3.63) is 58.9 Å². The number of pyridine rings is 1. The SMILES string of the molecule is C.Cc1ccc(OCc2cccc(C(=O)N3C[C@]4(C)C[C@H]3CC(C)(C)C4)n2)c(C)c1. The quantitative estimate of drug-likeness (QED) is 0.627. The van der Waals surface area contributed by atoms with Gasteiger partial charge in [0.1, 0.15) is 18.1 Å². The summed E-state index contributed by atoms with van der Waals surface area (Å²) in [5.41, 5.74) is 4.16. The predicted molar refractivity (Wildman–Crippen MR) is 122 cm³/mol. The van der Waals surface area contributed by atoms with Gasteiger partial charge < -0.3 is 9.64 Å². The van der Waals surface area contributed by atoms with Gasteiger partial charge in [0.25, 0.3) is 5.91 Å². The number of carbonyl (C=O) groups excluding carboxylic acids is 1. The Hall–Kier alpha value is -2.36. The number of carbonyl (C=O) groups is 1. The number of amides is 1. The molecule has 1 aromatic carbocycles. The molecule has 1 saturated heterocycles. The molecule has 2 aliphatic rings. The van der Waals surface area contributed by atoms with E-state index in [2.05, 4.69) is 43.6 Å². The van der Waals surface area contributed by atoms with Crippen LogP contribution in [0.1, 0.15) is 74.8 Å². The number of hydrogen-bond donors (Lipinski definition) is 0. The molecule has 1 aliphatic heterocycles. The molecule has 1 aliphatic carbocycles. The van der Waals surface area contributed by atoms with Crippen LogP contribution in [0, 0.1) is 24.7 Å². The molecule has 2 bridgehead atoms. The van der Waals surface area contributed by atoms with Crippen LogP contribution in [0.3, 0.4) is 0 Å². The zero-order chi connectivity index (χ0) is 20.8. The Bertz CT molecular complexity index is 936. The van der Waals surface area contributed by atoms with Crippen molar-refractivity contribution < 1.29 is 9.53 Å². The third-order valence-electron chi connectivity index (χ3n) is 6.41. The Labute approximate surface area is 181 Å². The molecule has 2 aromatic rings. The molecule has 1 aromatic heterocycles. The number of fused-ring (bicyclic) bond motifs is 2. The molecule has 0 radical (unpaired) electrons. The van der Waals surface area contributed by atoms with E-state index >= 15 is 0 Å². The van der Waals surface area contributed by atoms with Crippen LogP contribution < -0.4 is 4.74 Å². The highest BCUT2D eigenvalue weighted by atomic mass is 16.5. The third kappa shape index (κ3) is 4.53. The van der Waals surface area contributed by atoms with Crippen molar-refractivity contribution in [3.8, 4) is 5.75 Å². The molecule has 4 rings (SSSR count). The first-order valence-corrected chi connectivity index (χ1v) is 10.6. The first-order valence-electron chi connectivity index (χ1n) is 10.6. The number of nitrogens with zero attached hydrogens (tertiary/aromatic N) is 2. The van der Waals surface area contributed by atoms with E-state index < -0.39 is 0 Å². The number of aromatic nitrogens is 1. The molecule has 2 heterocycles. The number of hydrogen-bond acceptors (Lipinski definition) is 3. The first-order chi connectivity index (χ1) is 13.6. The summed E-state index contributed by atoms with van der Waals surface area (Å²) in [6.45, 7) is 12.3. The van der Waals surface area contributed by atoms with Crippen molar-refractivity contribution >= 4 is 5.91 Å². The van der Waals surface area contributed by atoms with Crippen molar-refractivity contribution in [3.63, 3.8) is 0 Å². The van der Waals surface area contributed by atoms with E-state index in [0.29, 0.717) is 23.8 Å². The Morgan fingerprint density at radius 2 is 1.93 bits per heavy atom. The molecule has 1 saturated carbocycles. The summed E-state index contributed by atoms with van der Waals surface area (Å²) in [4.78, 5) is 20.0. The lowest BCUT2D eigenvalue weighted by atomic mass is 9.65. The van der Waals surface area contributed by atoms with E-state index in [1.165, 1.54) is 12.0 Å². The summed E-state index contributed by atoms with van der Waals surface area (Å²) in [5, 5.41) is 0. The molecule has 0 N–H and O–H groups in total. The standard InChI is InChI=1S/C25H32N2O2.CH4/c1-17-9-10-22(18(2)11-17)29-14-19-7-6-8-21(26-19)23(28)27-16-25(5)13-20(27)12-24(3,4)15-25;/h6-11,20H,12-16H2,1-5H3;1H4/t20-,25-;/m1./s1. The number of aryl methyl sites for hydroxylation is 2. The van der Waals surface area contributed by atoms with Crippen LogP contribution in [0.4, 0.5) is 0 Å². The van der Waals surface area contributed by atoms with Crippen LogP contribution in [0.2, 0.25) is 0 Å². The van der Waals surface area contributed by atoms with Crippen LogP contribution >= 0.6 is 0 Å². The second-order valence-electron chi connectivity index (χ2n) is 10.2. The number of benzene rings is 1. The lowest BCUT2D eigenvalue weighted by Gasteiger charge is -2.39. The minimum atomic E-state index is 0. The maximum absolute atomic E-state index is 13.3. The van der Waals surface area contributed by atoms with Crippen LogP contribution in [0.25, 0.3) is 0 Å². The van der Waals surface area contributed by atoms with Crippen molar-refractivity contribution in [2.24, 2.45) is 10.8 Å². The van der Waals surface area contributed by atoms with Gasteiger partial charge in [-0.15, -0.1) is 0 Å².